The van der Waals surface area contributed by atoms with Crippen molar-refractivity contribution in [2.45, 2.75) is 109 Å². The lowest BCUT2D eigenvalue weighted by Gasteiger charge is -2.34. The molecule has 0 saturated carbocycles. The van der Waals surface area contributed by atoms with Crippen LogP contribution < -0.4 is 10.9 Å². The van der Waals surface area contributed by atoms with Gasteiger partial charge >= 0.3 is 14.2 Å². The summed E-state index contributed by atoms with van der Waals surface area (Å²) >= 11 is 0. The maximum atomic E-state index is 9.49. The van der Waals surface area contributed by atoms with Gasteiger partial charge in [0.25, 0.3) is 0 Å². The van der Waals surface area contributed by atoms with Crippen LogP contribution in [0.25, 0.3) is 11.1 Å². The highest BCUT2D eigenvalue weighted by Crippen LogP contribution is 2.53. The fourth-order valence-corrected chi connectivity index (χ4v) is 7.02. The maximum Gasteiger partial charge on any atom is 0.494 e. The number of aliphatic hydroxyl groups excluding tert-OH is 4. The first-order chi connectivity index (χ1) is 23.1. The number of aliphatic hydroxyl groups is 4. The predicted octanol–water partition coefficient (Wildman–Crippen LogP) is 4.88. The van der Waals surface area contributed by atoms with E-state index in [1.807, 2.05) is 12.1 Å². The SMILES string of the molecule is CCCCCCCCC1(CCCCCCCC)c2cc(B(OCCO)OCCO)ccc2-c2ccc(B(OCCO)OCCO)cc21. The number of unbranched alkanes of at least 4 members (excludes halogenated alkanes) is 10. The molecule has 10 heteroatoms. The minimum Gasteiger partial charge on any atom is -0.405 e. The maximum absolute atomic E-state index is 9.49. The van der Waals surface area contributed by atoms with Gasteiger partial charge in [-0.25, -0.2) is 0 Å². The molecule has 0 unspecified atom stereocenters. The van der Waals surface area contributed by atoms with Gasteiger partial charge in [0.15, 0.2) is 0 Å². The summed E-state index contributed by atoms with van der Waals surface area (Å²) in [5.74, 6) is 0. The zero-order valence-corrected chi connectivity index (χ0v) is 29.1. The summed E-state index contributed by atoms with van der Waals surface area (Å²) in [6, 6.07) is 12.9. The quantitative estimate of drug-likeness (QED) is 0.0758. The van der Waals surface area contributed by atoms with E-state index in [9.17, 15) is 20.4 Å². The van der Waals surface area contributed by atoms with Crippen molar-refractivity contribution in [2.24, 2.45) is 0 Å². The van der Waals surface area contributed by atoms with E-state index < -0.39 is 14.2 Å². The van der Waals surface area contributed by atoms with Crippen LogP contribution in [0.3, 0.4) is 0 Å². The van der Waals surface area contributed by atoms with Crippen LogP contribution in [-0.4, -0.2) is 87.5 Å². The summed E-state index contributed by atoms with van der Waals surface area (Å²) < 4.78 is 23.7. The molecule has 0 heterocycles. The lowest BCUT2D eigenvalue weighted by atomic mass is 9.67. The van der Waals surface area contributed by atoms with Gasteiger partial charge in [-0.05, 0) is 46.0 Å². The molecule has 8 nitrogen and oxygen atoms in total. The Bertz CT molecular complexity index is 1030. The standard InChI is InChI=1S/C37H60B2O8/c1-3-5-7-9-11-13-19-37(20-14-12-10-8-6-4-2)35-29-31(38(44-25-21-40)45-26-22-41)15-17-33(35)34-18-16-32(30-36(34)37)39(46-27-23-42)47-28-24-43/h15-18,29-30,40-43H,3-14,19-28H2,1-2H3. The molecule has 0 aromatic heterocycles. The number of fused-ring (bicyclic) bond motifs is 3. The molecule has 0 bridgehead atoms. The Kier molecular flexibility index (Phi) is 19.3. The summed E-state index contributed by atoms with van der Waals surface area (Å²) in [6.45, 7) is 4.60. The Morgan fingerprint density at radius 2 is 0.830 bits per heavy atom. The Balaban J connectivity index is 2.10. The summed E-state index contributed by atoms with van der Waals surface area (Å²) in [5.41, 5.74) is 6.49. The van der Waals surface area contributed by atoms with Crippen LogP contribution in [0.4, 0.5) is 0 Å². The summed E-state index contributed by atoms with van der Waals surface area (Å²) in [6.07, 6.45) is 16.6. The lowest BCUT2D eigenvalue weighted by molar-refractivity contribution is 0.139. The second kappa shape index (κ2) is 22.8. The van der Waals surface area contributed by atoms with E-state index >= 15 is 0 Å². The van der Waals surface area contributed by atoms with E-state index in [1.54, 1.807) is 0 Å². The van der Waals surface area contributed by atoms with Crippen LogP contribution in [0.1, 0.15) is 115 Å². The summed E-state index contributed by atoms with van der Waals surface area (Å²) in [4.78, 5) is 0. The van der Waals surface area contributed by atoms with Gasteiger partial charge in [-0.15, -0.1) is 0 Å². The largest absolute Gasteiger partial charge is 0.494 e. The van der Waals surface area contributed by atoms with Crippen molar-refractivity contribution in [3.8, 4) is 11.1 Å². The van der Waals surface area contributed by atoms with Gasteiger partial charge in [-0.1, -0.05) is 127 Å². The van der Waals surface area contributed by atoms with Gasteiger partial charge in [-0.2, -0.15) is 0 Å². The molecule has 0 amide bonds. The van der Waals surface area contributed by atoms with Crippen LogP contribution in [0.2, 0.25) is 0 Å². The predicted molar refractivity (Wildman–Crippen MR) is 192 cm³/mol. The molecule has 2 aromatic carbocycles. The monoisotopic (exact) mass is 654 g/mol. The summed E-state index contributed by atoms with van der Waals surface area (Å²) in [5, 5.41) is 38.0. The van der Waals surface area contributed by atoms with Gasteiger partial charge in [0.2, 0.25) is 0 Å². The van der Waals surface area contributed by atoms with Crippen LogP contribution in [0.5, 0.6) is 0 Å². The van der Waals surface area contributed by atoms with Crippen molar-refractivity contribution in [2.75, 3.05) is 52.9 Å². The Labute approximate surface area is 284 Å². The van der Waals surface area contributed by atoms with Crippen LogP contribution in [0, 0.1) is 0 Å². The molecule has 0 spiro atoms. The lowest BCUT2D eigenvalue weighted by Crippen LogP contribution is -2.40. The molecular formula is C37H60B2O8. The Morgan fingerprint density at radius 3 is 1.17 bits per heavy atom. The van der Waals surface area contributed by atoms with Crippen molar-refractivity contribution in [3.63, 3.8) is 0 Å². The first-order valence-corrected chi connectivity index (χ1v) is 18.3. The zero-order chi connectivity index (χ0) is 33.7. The van der Waals surface area contributed by atoms with Gasteiger partial charge in [0, 0.05) is 5.41 Å². The second-order valence-corrected chi connectivity index (χ2v) is 12.8. The zero-order valence-electron chi connectivity index (χ0n) is 29.1. The van der Waals surface area contributed by atoms with Crippen LogP contribution in [0.15, 0.2) is 36.4 Å². The highest BCUT2D eigenvalue weighted by molar-refractivity contribution is 6.62. The molecule has 3 rings (SSSR count). The van der Waals surface area contributed by atoms with Crippen LogP contribution in [-0.2, 0) is 24.0 Å². The van der Waals surface area contributed by atoms with Gasteiger partial charge in [-0.3, -0.25) is 0 Å². The van der Waals surface area contributed by atoms with Gasteiger partial charge < -0.3 is 39.0 Å². The molecule has 1 aliphatic carbocycles. The number of hydrogen-bond acceptors (Lipinski definition) is 8. The van der Waals surface area contributed by atoms with Gasteiger partial charge in [0.1, 0.15) is 0 Å². The molecule has 0 radical (unpaired) electrons. The third kappa shape index (κ3) is 11.7. The second-order valence-electron chi connectivity index (χ2n) is 12.8. The van der Waals surface area contributed by atoms with Crippen molar-refractivity contribution >= 4 is 25.2 Å². The minimum absolute atomic E-state index is 0.115. The van der Waals surface area contributed by atoms with E-state index in [0.29, 0.717) is 0 Å². The fraction of sp³-hybridized carbons (Fsp3) is 0.676. The summed E-state index contributed by atoms with van der Waals surface area (Å²) in [7, 11) is -1.38. The minimum atomic E-state index is -0.692. The molecule has 0 saturated heterocycles. The number of benzene rings is 2. The van der Waals surface area contributed by atoms with Crippen LogP contribution >= 0.6 is 0 Å². The topological polar surface area (TPSA) is 118 Å². The molecule has 262 valence electrons. The van der Waals surface area contributed by atoms with E-state index in [1.165, 1.54) is 86.5 Å². The third-order valence-corrected chi connectivity index (χ3v) is 9.31. The van der Waals surface area contributed by atoms with E-state index in [0.717, 1.165) is 36.6 Å². The number of hydrogen-bond donors (Lipinski definition) is 4. The molecule has 0 fully saturated rings. The van der Waals surface area contributed by atoms with E-state index in [4.69, 9.17) is 18.6 Å². The van der Waals surface area contributed by atoms with Crippen molar-refractivity contribution < 1.29 is 39.0 Å². The Hall–Kier alpha value is -1.75. The van der Waals surface area contributed by atoms with Gasteiger partial charge in [0.05, 0.1) is 52.9 Å². The molecule has 2 aromatic rings. The first kappa shape index (κ1) is 39.7. The molecule has 1 aliphatic rings. The molecule has 0 aliphatic heterocycles. The fourth-order valence-electron chi connectivity index (χ4n) is 7.02. The molecule has 4 N–H and O–H groups in total. The third-order valence-electron chi connectivity index (χ3n) is 9.31. The normalized spacial score (nSPS) is 13.1. The first-order valence-electron chi connectivity index (χ1n) is 18.3. The molecule has 47 heavy (non-hydrogen) atoms. The average Bonchev–Trinajstić information content (AvgIpc) is 3.36. The highest BCUT2D eigenvalue weighted by atomic mass is 16.6. The number of rotatable bonds is 28. The molecular weight excluding hydrogens is 594 g/mol. The smallest absolute Gasteiger partial charge is 0.405 e. The van der Waals surface area contributed by atoms with Crippen molar-refractivity contribution in [1.82, 2.24) is 0 Å². The Morgan fingerprint density at radius 1 is 0.489 bits per heavy atom. The molecule has 0 atom stereocenters. The highest BCUT2D eigenvalue weighted by Gasteiger charge is 2.44. The van der Waals surface area contributed by atoms with E-state index in [2.05, 4.69) is 38.1 Å². The van der Waals surface area contributed by atoms with Crippen molar-refractivity contribution in [3.05, 3.63) is 47.5 Å². The average molecular weight is 655 g/mol. The van der Waals surface area contributed by atoms with Crippen molar-refractivity contribution in [1.29, 1.82) is 0 Å². The van der Waals surface area contributed by atoms with E-state index in [-0.39, 0.29) is 58.3 Å².